The molecular weight excluding hydrogens is 312 g/mol. The van der Waals surface area contributed by atoms with Crippen molar-refractivity contribution < 1.29 is 9.53 Å². The minimum Gasteiger partial charge on any atom is -0.497 e. The summed E-state index contributed by atoms with van der Waals surface area (Å²) in [5, 5.41) is 3.44. The number of para-hydroxylation sites is 1. The molecule has 2 aromatic carbocycles. The average molecular weight is 331 g/mol. The molecule has 0 heterocycles. The van der Waals surface area contributed by atoms with E-state index in [2.05, 4.69) is 5.32 Å². The van der Waals surface area contributed by atoms with E-state index in [1.807, 2.05) is 49.3 Å². The summed E-state index contributed by atoms with van der Waals surface area (Å²) in [5.41, 5.74) is 2.33. The highest BCUT2D eigenvalue weighted by atomic mass is 35.5. The Bertz CT molecular complexity index is 727. The van der Waals surface area contributed by atoms with Gasteiger partial charge in [-0.05, 0) is 35.9 Å². The number of nitrogens with zero attached hydrogens (tertiary/aromatic N) is 1. The van der Waals surface area contributed by atoms with Crippen LogP contribution >= 0.6 is 11.6 Å². The number of rotatable bonds is 5. The molecule has 23 heavy (non-hydrogen) atoms. The van der Waals surface area contributed by atoms with E-state index in [1.165, 1.54) is 6.08 Å². The Morgan fingerprint density at radius 2 is 1.96 bits per heavy atom. The van der Waals surface area contributed by atoms with E-state index in [1.54, 1.807) is 25.3 Å². The van der Waals surface area contributed by atoms with Crippen molar-refractivity contribution in [3.63, 3.8) is 0 Å². The third-order valence-electron chi connectivity index (χ3n) is 3.21. The Balaban J connectivity index is 2.14. The molecule has 0 spiro atoms. The van der Waals surface area contributed by atoms with Gasteiger partial charge in [0, 0.05) is 20.2 Å². The van der Waals surface area contributed by atoms with Crippen LogP contribution in [-0.2, 0) is 4.79 Å². The first kappa shape index (κ1) is 16.9. The molecule has 120 valence electrons. The van der Waals surface area contributed by atoms with Crippen molar-refractivity contribution in [1.82, 2.24) is 0 Å². The molecule has 0 fully saturated rings. The van der Waals surface area contributed by atoms with Crippen molar-refractivity contribution in [3.8, 4) is 5.75 Å². The molecule has 1 amide bonds. The van der Waals surface area contributed by atoms with Crippen LogP contribution in [0, 0.1) is 0 Å². The van der Waals surface area contributed by atoms with Gasteiger partial charge in [-0.1, -0.05) is 29.8 Å². The van der Waals surface area contributed by atoms with Crippen LogP contribution < -0.4 is 15.0 Å². The molecule has 0 aliphatic heterocycles. The zero-order chi connectivity index (χ0) is 16.8. The van der Waals surface area contributed by atoms with Gasteiger partial charge >= 0.3 is 0 Å². The van der Waals surface area contributed by atoms with Gasteiger partial charge in [-0.25, -0.2) is 0 Å². The Kier molecular flexibility index (Phi) is 5.66. The van der Waals surface area contributed by atoms with E-state index >= 15 is 0 Å². The highest BCUT2D eigenvalue weighted by Gasteiger charge is 2.10. The molecule has 0 saturated heterocycles. The van der Waals surface area contributed by atoms with E-state index < -0.39 is 0 Å². The SMILES string of the molecule is COc1cccc(/C=C/C(=O)Nc2cccc(Cl)c2N(C)C)c1. The minimum atomic E-state index is -0.224. The summed E-state index contributed by atoms with van der Waals surface area (Å²) < 4.78 is 5.16. The van der Waals surface area contributed by atoms with Gasteiger partial charge in [-0.2, -0.15) is 0 Å². The number of hydrogen-bond donors (Lipinski definition) is 1. The predicted octanol–water partition coefficient (Wildman–Crippen LogP) is 4.07. The summed E-state index contributed by atoms with van der Waals surface area (Å²) in [6.45, 7) is 0. The van der Waals surface area contributed by atoms with Crippen LogP contribution in [0.4, 0.5) is 11.4 Å². The van der Waals surface area contributed by atoms with Gasteiger partial charge in [0.15, 0.2) is 0 Å². The lowest BCUT2D eigenvalue weighted by Crippen LogP contribution is -2.15. The maximum absolute atomic E-state index is 12.1. The van der Waals surface area contributed by atoms with E-state index in [-0.39, 0.29) is 5.91 Å². The van der Waals surface area contributed by atoms with Crippen molar-refractivity contribution in [3.05, 3.63) is 59.1 Å². The summed E-state index contributed by atoms with van der Waals surface area (Å²) in [5.74, 6) is 0.524. The molecule has 0 atom stereocenters. The fraction of sp³-hybridized carbons (Fsp3) is 0.167. The zero-order valence-corrected chi connectivity index (χ0v) is 14.1. The minimum absolute atomic E-state index is 0.224. The molecule has 2 aromatic rings. The first-order chi connectivity index (χ1) is 11.0. The number of benzene rings is 2. The number of carbonyl (C=O) groups is 1. The summed E-state index contributed by atoms with van der Waals surface area (Å²) in [6, 6.07) is 12.9. The van der Waals surface area contributed by atoms with E-state index in [4.69, 9.17) is 16.3 Å². The maximum Gasteiger partial charge on any atom is 0.248 e. The van der Waals surface area contributed by atoms with Crippen molar-refractivity contribution in [2.24, 2.45) is 0 Å². The predicted molar refractivity (Wildman–Crippen MR) is 96.4 cm³/mol. The number of anilines is 2. The van der Waals surface area contributed by atoms with Crippen molar-refractivity contribution in [1.29, 1.82) is 0 Å². The number of hydrogen-bond acceptors (Lipinski definition) is 3. The number of ether oxygens (including phenoxy) is 1. The number of nitrogens with one attached hydrogen (secondary N) is 1. The van der Waals surface area contributed by atoms with Crippen molar-refractivity contribution in [2.75, 3.05) is 31.4 Å². The van der Waals surface area contributed by atoms with Crippen LogP contribution in [0.25, 0.3) is 6.08 Å². The van der Waals surface area contributed by atoms with Crippen LogP contribution in [0.2, 0.25) is 5.02 Å². The Labute approximate surface area is 141 Å². The second-order valence-electron chi connectivity index (χ2n) is 5.13. The molecule has 0 bridgehead atoms. The van der Waals surface area contributed by atoms with Crippen molar-refractivity contribution in [2.45, 2.75) is 0 Å². The Morgan fingerprint density at radius 3 is 2.65 bits per heavy atom. The van der Waals surface area contributed by atoms with Crippen LogP contribution in [0.15, 0.2) is 48.5 Å². The molecule has 2 rings (SSSR count). The maximum atomic E-state index is 12.1. The van der Waals surface area contributed by atoms with Gasteiger partial charge in [-0.15, -0.1) is 0 Å². The Hall–Kier alpha value is -2.46. The van der Waals surface area contributed by atoms with Crippen LogP contribution in [-0.4, -0.2) is 27.1 Å². The largest absolute Gasteiger partial charge is 0.497 e. The molecule has 4 nitrogen and oxygen atoms in total. The lowest BCUT2D eigenvalue weighted by Gasteiger charge is -2.18. The standard InChI is InChI=1S/C18H19ClN2O2/c1-21(2)18-15(19)8-5-9-16(18)20-17(22)11-10-13-6-4-7-14(12-13)23-3/h4-12H,1-3H3,(H,20,22)/b11-10+. The summed E-state index contributed by atoms with van der Waals surface area (Å²) in [7, 11) is 5.36. The molecule has 5 heteroatoms. The molecule has 0 aliphatic carbocycles. The summed E-state index contributed by atoms with van der Waals surface area (Å²) in [4.78, 5) is 14.0. The number of amides is 1. The summed E-state index contributed by atoms with van der Waals surface area (Å²) in [6.07, 6.45) is 3.22. The molecular formula is C18H19ClN2O2. The molecule has 0 radical (unpaired) electrons. The summed E-state index contributed by atoms with van der Waals surface area (Å²) >= 11 is 6.19. The van der Waals surface area contributed by atoms with Gasteiger partial charge in [-0.3, -0.25) is 4.79 Å². The highest BCUT2D eigenvalue weighted by Crippen LogP contribution is 2.32. The quantitative estimate of drug-likeness (QED) is 0.840. The normalized spacial score (nSPS) is 10.6. The second kappa shape index (κ2) is 7.70. The smallest absolute Gasteiger partial charge is 0.248 e. The molecule has 0 aromatic heterocycles. The van der Waals surface area contributed by atoms with Gasteiger partial charge < -0.3 is 15.0 Å². The fourth-order valence-corrected chi connectivity index (χ4v) is 2.51. The molecule has 1 N–H and O–H groups in total. The average Bonchev–Trinajstić information content (AvgIpc) is 2.53. The zero-order valence-electron chi connectivity index (χ0n) is 13.3. The third-order valence-corrected chi connectivity index (χ3v) is 3.52. The molecule has 0 saturated carbocycles. The third kappa shape index (κ3) is 4.50. The van der Waals surface area contributed by atoms with Crippen LogP contribution in [0.1, 0.15) is 5.56 Å². The van der Waals surface area contributed by atoms with Gasteiger partial charge in [0.1, 0.15) is 5.75 Å². The fourth-order valence-electron chi connectivity index (χ4n) is 2.16. The van der Waals surface area contributed by atoms with E-state index in [9.17, 15) is 4.79 Å². The monoisotopic (exact) mass is 330 g/mol. The number of carbonyl (C=O) groups excluding carboxylic acids is 1. The molecule has 0 aliphatic rings. The second-order valence-corrected chi connectivity index (χ2v) is 5.54. The lowest BCUT2D eigenvalue weighted by atomic mass is 10.2. The topological polar surface area (TPSA) is 41.6 Å². The Morgan fingerprint density at radius 1 is 1.22 bits per heavy atom. The number of halogens is 1. The van der Waals surface area contributed by atoms with E-state index in [0.29, 0.717) is 10.7 Å². The van der Waals surface area contributed by atoms with Gasteiger partial charge in [0.2, 0.25) is 5.91 Å². The van der Waals surface area contributed by atoms with Gasteiger partial charge in [0.05, 0.1) is 23.5 Å². The van der Waals surface area contributed by atoms with E-state index in [0.717, 1.165) is 17.0 Å². The first-order valence-electron chi connectivity index (χ1n) is 7.10. The van der Waals surface area contributed by atoms with Crippen LogP contribution in [0.3, 0.4) is 0 Å². The van der Waals surface area contributed by atoms with Crippen molar-refractivity contribution >= 4 is 35.0 Å². The molecule has 0 unspecified atom stereocenters. The van der Waals surface area contributed by atoms with Crippen LogP contribution in [0.5, 0.6) is 5.75 Å². The first-order valence-corrected chi connectivity index (χ1v) is 7.48. The number of methoxy groups -OCH3 is 1. The highest BCUT2D eigenvalue weighted by molar-refractivity contribution is 6.34. The van der Waals surface area contributed by atoms with Gasteiger partial charge in [0.25, 0.3) is 0 Å². The lowest BCUT2D eigenvalue weighted by molar-refractivity contribution is -0.111.